The Hall–Kier alpha value is -2.08. The standard InChI is InChI=1S/C31H43N3O2/c1-22(2)26-6-4-5-7-27(26)28-21-33(20-23-16-24-8-15-36-30(24)29(17-23)35-3)13-14-34(28)25-18-31(19-25)9-11-32-12-10-31/h4-7,16-17,22,25,28,32H,8-15,18-21H2,1-3H3. The van der Waals surface area contributed by atoms with Gasteiger partial charge in [-0.1, -0.05) is 44.2 Å². The molecule has 1 aliphatic carbocycles. The van der Waals surface area contributed by atoms with Crippen molar-refractivity contribution in [1.82, 2.24) is 15.1 Å². The molecule has 3 fully saturated rings. The summed E-state index contributed by atoms with van der Waals surface area (Å²) < 4.78 is 11.5. The maximum atomic E-state index is 5.83. The van der Waals surface area contributed by atoms with Gasteiger partial charge in [-0.15, -0.1) is 0 Å². The second kappa shape index (κ2) is 10.00. The van der Waals surface area contributed by atoms with Gasteiger partial charge in [0.15, 0.2) is 11.5 Å². The maximum absolute atomic E-state index is 5.83. The average Bonchev–Trinajstić information content (AvgIpc) is 3.36. The first-order valence-electron chi connectivity index (χ1n) is 14.2. The highest BCUT2D eigenvalue weighted by Gasteiger charge is 2.49. The molecule has 1 atom stereocenters. The molecule has 4 aliphatic rings. The minimum absolute atomic E-state index is 0.459. The quantitative estimate of drug-likeness (QED) is 0.608. The smallest absolute Gasteiger partial charge is 0.164 e. The summed E-state index contributed by atoms with van der Waals surface area (Å²) in [5.41, 5.74) is 6.31. The highest BCUT2D eigenvalue weighted by molar-refractivity contribution is 5.51. The largest absolute Gasteiger partial charge is 0.493 e. The third kappa shape index (κ3) is 4.55. The van der Waals surface area contributed by atoms with Crippen LogP contribution in [0.25, 0.3) is 0 Å². The molecule has 3 heterocycles. The molecule has 6 rings (SSSR count). The van der Waals surface area contributed by atoms with Crippen LogP contribution in [0.4, 0.5) is 0 Å². The molecular formula is C31H43N3O2. The molecule has 0 amide bonds. The second-order valence-electron chi connectivity index (χ2n) is 12.0. The molecule has 5 nitrogen and oxygen atoms in total. The van der Waals surface area contributed by atoms with E-state index in [1.807, 2.05) is 0 Å². The predicted molar refractivity (Wildman–Crippen MR) is 145 cm³/mol. The fourth-order valence-electron chi connectivity index (χ4n) is 7.43. The number of hydrogen-bond acceptors (Lipinski definition) is 5. The lowest BCUT2D eigenvalue weighted by atomic mass is 9.60. The Bertz CT molecular complexity index is 1070. The highest BCUT2D eigenvalue weighted by Crippen LogP contribution is 2.52. The molecule has 1 unspecified atom stereocenters. The van der Waals surface area contributed by atoms with Crippen molar-refractivity contribution in [2.45, 2.75) is 70.5 Å². The van der Waals surface area contributed by atoms with Gasteiger partial charge in [-0.25, -0.2) is 0 Å². The molecule has 2 aromatic rings. The van der Waals surface area contributed by atoms with Crippen LogP contribution in [0.3, 0.4) is 0 Å². The van der Waals surface area contributed by atoms with E-state index in [4.69, 9.17) is 9.47 Å². The number of nitrogens with zero attached hydrogens (tertiary/aromatic N) is 2. The number of piperidine rings is 1. The lowest BCUT2D eigenvalue weighted by Gasteiger charge is -2.57. The van der Waals surface area contributed by atoms with Crippen LogP contribution in [0.5, 0.6) is 11.5 Å². The van der Waals surface area contributed by atoms with E-state index in [9.17, 15) is 0 Å². The van der Waals surface area contributed by atoms with Crippen molar-refractivity contribution in [3.8, 4) is 11.5 Å². The highest BCUT2D eigenvalue weighted by atomic mass is 16.5. The first kappa shape index (κ1) is 24.3. The van der Waals surface area contributed by atoms with Gasteiger partial charge in [-0.3, -0.25) is 9.80 Å². The SMILES string of the molecule is COc1cc(CN2CCN(C3CC4(CCNCC4)C3)C(c3ccccc3C(C)C)C2)cc2c1OCC2. The Morgan fingerprint density at radius 2 is 1.92 bits per heavy atom. The van der Waals surface area contributed by atoms with E-state index in [2.05, 4.69) is 65.4 Å². The number of methoxy groups -OCH3 is 1. The molecule has 2 saturated heterocycles. The van der Waals surface area contributed by atoms with Crippen molar-refractivity contribution >= 4 is 0 Å². The third-order valence-electron chi connectivity index (χ3n) is 9.39. The summed E-state index contributed by atoms with van der Waals surface area (Å²) >= 11 is 0. The van der Waals surface area contributed by atoms with Crippen LogP contribution in [0.1, 0.15) is 73.7 Å². The Labute approximate surface area is 217 Å². The van der Waals surface area contributed by atoms with Crippen molar-refractivity contribution in [3.63, 3.8) is 0 Å². The van der Waals surface area contributed by atoms with Gasteiger partial charge in [0.1, 0.15) is 0 Å². The zero-order valence-electron chi connectivity index (χ0n) is 22.4. The van der Waals surface area contributed by atoms with Crippen LogP contribution in [-0.2, 0) is 13.0 Å². The van der Waals surface area contributed by atoms with Gasteiger partial charge in [0.25, 0.3) is 0 Å². The second-order valence-corrected chi connectivity index (χ2v) is 12.0. The predicted octanol–water partition coefficient (Wildman–Crippen LogP) is 5.14. The minimum Gasteiger partial charge on any atom is -0.493 e. The van der Waals surface area contributed by atoms with Gasteiger partial charge in [0.2, 0.25) is 0 Å². The number of rotatable bonds is 6. The van der Waals surface area contributed by atoms with Crippen LogP contribution in [0.15, 0.2) is 36.4 Å². The van der Waals surface area contributed by atoms with E-state index in [-0.39, 0.29) is 0 Å². The van der Waals surface area contributed by atoms with Gasteiger partial charge in [0, 0.05) is 50.2 Å². The van der Waals surface area contributed by atoms with Crippen molar-refractivity contribution in [3.05, 3.63) is 58.7 Å². The monoisotopic (exact) mass is 489 g/mol. The van der Waals surface area contributed by atoms with E-state index in [0.29, 0.717) is 17.4 Å². The van der Waals surface area contributed by atoms with Crippen LogP contribution in [0.2, 0.25) is 0 Å². The van der Waals surface area contributed by atoms with Crippen LogP contribution in [0, 0.1) is 5.41 Å². The average molecular weight is 490 g/mol. The first-order chi connectivity index (χ1) is 17.5. The van der Waals surface area contributed by atoms with E-state index in [1.165, 1.54) is 55.5 Å². The lowest BCUT2D eigenvalue weighted by Crippen LogP contribution is -2.59. The van der Waals surface area contributed by atoms with Crippen LogP contribution < -0.4 is 14.8 Å². The number of benzene rings is 2. The zero-order chi connectivity index (χ0) is 24.7. The molecule has 194 valence electrons. The fraction of sp³-hybridized carbons (Fsp3) is 0.613. The molecule has 36 heavy (non-hydrogen) atoms. The summed E-state index contributed by atoms with van der Waals surface area (Å²) in [6.07, 6.45) is 6.48. The molecule has 1 spiro atoms. The Balaban J connectivity index is 1.24. The van der Waals surface area contributed by atoms with Crippen LogP contribution >= 0.6 is 0 Å². The van der Waals surface area contributed by atoms with E-state index in [0.717, 1.165) is 56.7 Å². The van der Waals surface area contributed by atoms with Crippen molar-refractivity contribution in [1.29, 1.82) is 0 Å². The summed E-state index contributed by atoms with van der Waals surface area (Å²) in [5.74, 6) is 2.38. The number of ether oxygens (including phenoxy) is 2. The van der Waals surface area contributed by atoms with Crippen molar-refractivity contribution in [2.75, 3.05) is 46.4 Å². The van der Waals surface area contributed by atoms with Crippen molar-refractivity contribution in [2.24, 2.45) is 5.41 Å². The van der Waals surface area contributed by atoms with Crippen LogP contribution in [-0.4, -0.2) is 62.3 Å². The molecule has 1 N–H and O–H groups in total. The summed E-state index contributed by atoms with van der Waals surface area (Å²) in [6.45, 7) is 12.2. The van der Waals surface area contributed by atoms with Gasteiger partial charge in [-0.05, 0) is 72.9 Å². The first-order valence-corrected chi connectivity index (χ1v) is 14.2. The topological polar surface area (TPSA) is 37.0 Å². The fourth-order valence-corrected chi connectivity index (χ4v) is 7.43. The Kier molecular flexibility index (Phi) is 6.74. The molecule has 0 radical (unpaired) electrons. The number of nitrogens with one attached hydrogen (secondary N) is 1. The van der Waals surface area contributed by atoms with E-state index in [1.54, 1.807) is 12.7 Å². The van der Waals surface area contributed by atoms with Gasteiger partial charge in [0.05, 0.1) is 13.7 Å². The van der Waals surface area contributed by atoms with Gasteiger partial charge < -0.3 is 14.8 Å². The molecule has 0 aromatic heterocycles. The number of fused-ring (bicyclic) bond motifs is 1. The van der Waals surface area contributed by atoms with E-state index < -0.39 is 0 Å². The molecule has 2 aromatic carbocycles. The molecule has 1 saturated carbocycles. The van der Waals surface area contributed by atoms with E-state index >= 15 is 0 Å². The molecule has 5 heteroatoms. The molecular weight excluding hydrogens is 446 g/mol. The summed E-state index contributed by atoms with van der Waals surface area (Å²) in [6, 6.07) is 15.0. The summed E-state index contributed by atoms with van der Waals surface area (Å²) in [4.78, 5) is 5.57. The lowest BCUT2D eigenvalue weighted by molar-refractivity contribution is -0.0650. The third-order valence-corrected chi connectivity index (χ3v) is 9.39. The van der Waals surface area contributed by atoms with Crippen molar-refractivity contribution < 1.29 is 9.47 Å². The maximum Gasteiger partial charge on any atom is 0.164 e. The Morgan fingerprint density at radius 1 is 1.11 bits per heavy atom. The number of piperazine rings is 1. The Morgan fingerprint density at radius 3 is 2.69 bits per heavy atom. The summed E-state index contributed by atoms with van der Waals surface area (Å²) in [7, 11) is 1.76. The number of hydrogen-bond donors (Lipinski definition) is 1. The van der Waals surface area contributed by atoms with Gasteiger partial charge >= 0.3 is 0 Å². The zero-order valence-corrected chi connectivity index (χ0v) is 22.4. The summed E-state index contributed by atoms with van der Waals surface area (Å²) in [5, 5.41) is 3.57. The van der Waals surface area contributed by atoms with Gasteiger partial charge in [-0.2, -0.15) is 0 Å². The minimum atomic E-state index is 0.459. The normalized spacial score (nSPS) is 24.5. The molecule has 3 aliphatic heterocycles. The molecule has 0 bridgehead atoms.